The van der Waals surface area contributed by atoms with Crippen molar-refractivity contribution in [1.29, 1.82) is 0 Å². The van der Waals surface area contributed by atoms with Gasteiger partial charge < -0.3 is 5.32 Å². The van der Waals surface area contributed by atoms with Gasteiger partial charge in [-0.05, 0) is 26.1 Å². The van der Waals surface area contributed by atoms with Gasteiger partial charge in [-0.15, -0.1) is 0 Å². The van der Waals surface area contributed by atoms with E-state index in [4.69, 9.17) is 0 Å². The lowest BCUT2D eigenvalue weighted by Gasteiger charge is -2.21. The smallest absolute Gasteiger partial charge is 0.217 e. The van der Waals surface area contributed by atoms with Crippen molar-refractivity contribution in [2.75, 3.05) is 27.2 Å². The van der Waals surface area contributed by atoms with Gasteiger partial charge in [-0.3, -0.25) is 4.98 Å². The monoisotopic (exact) mass is 271 g/mol. The summed E-state index contributed by atoms with van der Waals surface area (Å²) in [5, 5.41) is 2.46. The van der Waals surface area contributed by atoms with Crippen molar-refractivity contribution in [1.82, 2.24) is 14.6 Å². The zero-order valence-electron chi connectivity index (χ0n) is 11.1. The highest BCUT2D eigenvalue weighted by molar-refractivity contribution is 7.89. The Morgan fingerprint density at radius 2 is 2.17 bits per heavy atom. The average Bonchev–Trinajstić information content (AvgIpc) is 2.37. The molecule has 1 rings (SSSR count). The first kappa shape index (κ1) is 15.1. The van der Waals surface area contributed by atoms with Crippen LogP contribution in [0, 0.1) is 0 Å². The third-order valence-electron chi connectivity index (χ3n) is 2.84. The molecule has 0 bridgehead atoms. The summed E-state index contributed by atoms with van der Waals surface area (Å²) >= 11 is 0. The van der Waals surface area contributed by atoms with Crippen LogP contribution in [0.5, 0.6) is 0 Å². The molecule has 0 aliphatic rings. The Balaban J connectivity index is 2.57. The van der Waals surface area contributed by atoms with Crippen molar-refractivity contribution >= 4 is 10.0 Å². The predicted octanol–water partition coefficient (Wildman–Crippen LogP) is 0.494. The molecule has 0 radical (unpaired) electrons. The van der Waals surface area contributed by atoms with Gasteiger partial charge in [0.05, 0.1) is 5.25 Å². The molecule has 1 aromatic rings. The summed E-state index contributed by atoms with van der Waals surface area (Å²) in [4.78, 5) is 4.18. The third-order valence-corrected chi connectivity index (χ3v) is 5.08. The molecule has 5 nitrogen and oxygen atoms in total. The van der Waals surface area contributed by atoms with E-state index in [1.54, 1.807) is 27.2 Å². The van der Waals surface area contributed by atoms with Crippen LogP contribution in [0.3, 0.4) is 0 Å². The molecule has 1 atom stereocenters. The molecule has 0 amide bonds. The van der Waals surface area contributed by atoms with Crippen LogP contribution in [-0.4, -0.2) is 50.1 Å². The van der Waals surface area contributed by atoms with Crippen LogP contribution < -0.4 is 5.32 Å². The minimum absolute atomic E-state index is 0.420. The second-order valence-electron chi connectivity index (χ2n) is 4.31. The predicted molar refractivity (Wildman–Crippen MR) is 72.9 cm³/mol. The quantitative estimate of drug-likeness (QED) is 0.784. The fourth-order valence-electron chi connectivity index (χ4n) is 1.65. The number of pyridine rings is 1. The van der Waals surface area contributed by atoms with Gasteiger partial charge in [-0.2, -0.15) is 0 Å². The molecule has 1 N–H and O–H groups in total. The molecule has 0 aromatic carbocycles. The molecular formula is C12H21N3O2S. The summed E-state index contributed by atoms with van der Waals surface area (Å²) in [7, 11) is 0.137. The Morgan fingerprint density at radius 3 is 2.72 bits per heavy atom. The zero-order valence-corrected chi connectivity index (χ0v) is 11.9. The number of rotatable bonds is 7. The maximum absolute atomic E-state index is 12.1. The number of hydrogen-bond acceptors (Lipinski definition) is 4. The van der Waals surface area contributed by atoms with Crippen molar-refractivity contribution in [3.8, 4) is 0 Å². The molecule has 0 saturated heterocycles. The van der Waals surface area contributed by atoms with Gasteiger partial charge in [-0.25, -0.2) is 12.7 Å². The number of hydrogen-bond donors (Lipinski definition) is 1. The van der Waals surface area contributed by atoms with E-state index in [2.05, 4.69) is 10.3 Å². The van der Waals surface area contributed by atoms with Gasteiger partial charge in [0, 0.05) is 38.4 Å². The Morgan fingerprint density at radius 1 is 1.44 bits per heavy atom. The first-order chi connectivity index (χ1) is 8.48. The van der Waals surface area contributed by atoms with Crippen molar-refractivity contribution in [3.05, 3.63) is 30.1 Å². The second-order valence-corrected chi connectivity index (χ2v) is 6.76. The number of nitrogens with zero attached hydrogens (tertiary/aromatic N) is 2. The third kappa shape index (κ3) is 4.04. The summed E-state index contributed by atoms with van der Waals surface area (Å²) < 4.78 is 25.6. The van der Waals surface area contributed by atoms with Crippen molar-refractivity contribution < 1.29 is 8.42 Å². The highest BCUT2D eigenvalue weighted by Gasteiger charge is 2.24. The van der Waals surface area contributed by atoms with E-state index in [1.165, 1.54) is 4.31 Å². The second kappa shape index (κ2) is 6.82. The lowest BCUT2D eigenvalue weighted by molar-refractivity contribution is 0.459. The van der Waals surface area contributed by atoms with Crippen LogP contribution in [-0.2, 0) is 16.4 Å². The van der Waals surface area contributed by atoms with Gasteiger partial charge in [0.2, 0.25) is 10.0 Å². The fourth-order valence-corrected chi connectivity index (χ4v) is 2.98. The molecule has 1 aromatic heterocycles. The topological polar surface area (TPSA) is 62.3 Å². The molecule has 1 unspecified atom stereocenters. The minimum atomic E-state index is -3.23. The minimum Gasteiger partial charge on any atom is -0.318 e. The summed E-state index contributed by atoms with van der Waals surface area (Å²) in [6.45, 7) is 2.62. The Bertz CT molecular complexity index is 448. The lowest BCUT2D eigenvalue weighted by atomic mass is 10.3. The molecule has 102 valence electrons. The van der Waals surface area contributed by atoms with Gasteiger partial charge in [0.1, 0.15) is 0 Å². The average molecular weight is 271 g/mol. The molecule has 0 saturated carbocycles. The highest BCUT2D eigenvalue weighted by atomic mass is 32.2. The number of aromatic nitrogens is 1. The Kier molecular flexibility index (Phi) is 5.71. The Hall–Kier alpha value is -0.980. The van der Waals surface area contributed by atoms with Crippen molar-refractivity contribution in [2.45, 2.75) is 18.6 Å². The van der Waals surface area contributed by atoms with Crippen molar-refractivity contribution in [3.63, 3.8) is 0 Å². The van der Waals surface area contributed by atoms with Crippen LogP contribution in [0.2, 0.25) is 0 Å². The van der Waals surface area contributed by atoms with Gasteiger partial charge >= 0.3 is 0 Å². The van der Waals surface area contributed by atoms with Crippen LogP contribution in [0.15, 0.2) is 24.4 Å². The molecule has 0 fully saturated rings. The normalized spacial score (nSPS) is 13.8. The SMILES string of the molecule is CNCC(C)S(=O)(=O)N(C)CCc1ccccn1. The maximum atomic E-state index is 12.1. The van der Waals surface area contributed by atoms with E-state index in [0.717, 1.165) is 5.69 Å². The van der Waals surface area contributed by atoms with E-state index >= 15 is 0 Å². The number of nitrogens with one attached hydrogen (secondary N) is 1. The molecule has 6 heteroatoms. The van der Waals surface area contributed by atoms with E-state index in [0.29, 0.717) is 19.5 Å². The first-order valence-electron chi connectivity index (χ1n) is 5.98. The largest absolute Gasteiger partial charge is 0.318 e. The van der Waals surface area contributed by atoms with Crippen LogP contribution in [0.1, 0.15) is 12.6 Å². The molecular weight excluding hydrogens is 250 g/mol. The fraction of sp³-hybridized carbons (Fsp3) is 0.583. The molecule has 0 aliphatic heterocycles. The van der Waals surface area contributed by atoms with Crippen LogP contribution in [0.25, 0.3) is 0 Å². The number of sulfonamides is 1. The molecule has 0 aliphatic carbocycles. The summed E-state index contributed by atoms with van der Waals surface area (Å²) in [6, 6.07) is 5.65. The van der Waals surface area contributed by atoms with Gasteiger partial charge in [0.25, 0.3) is 0 Å². The maximum Gasteiger partial charge on any atom is 0.217 e. The van der Waals surface area contributed by atoms with E-state index in [-0.39, 0.29) is 0 Å². The highest BCUT2D eigenvalue weighted by Crippen LogP contribution is 2.07. The number of likely N-dealkylation sites (N-methyl/N-ethyl adjacent to an activating group) is 1. The standard InChI is InChI=1S/C12H21N3O2S/c1-11(10-13-2)18(16,17)15(3)9-7-12-6-4-5-8-14-12/h4-6,8,11,13H,7,9-10H2,1-3H3. The van der Waals surface area contributed by atoms with Crippen molar-refractivity contribution in [2.24, 2.45) is 0 Å². The molecule has 0 spiro atoms. The van der Waals surface area contributed by atoms with E-state index < -0.39 is 15.3 Å². The summed E-state index contributed by atoms with van der Waals surface area (Å²) in [6.07, 6.45) is 2.34. The lowest BCUT2D eigenvalue weighted by Crippen LogP contribution is -2.40. The van der Waals surface area contributed by atoms with E-state index in [9.17, 15) is 8.42 Å². The van der Waals surface area contributed by atoms with Crippen LogP contribution in [0.4, 0.5) is 0 Å². The Labute approximate surface area is 109 Å². The van der Waals surface area contributed by atoms with Crippen LogP contribution >= 0.6 is 0 Å². The zero-order chi connectivity index (χ0) is 13.6. The molecule has 1 heterocycles. The van der Waals surface area contributed by atoms with Gasteiger partial charge in [0.15, 0.2) is 0 Å². The summed E-state index contributed by atoms with van der Waals surface area (Å²) in [5.41, 5.74) is 0.904. The molecule has 18 heavy (non-hydrogen) atoms. The first-order valence-corrected chi connectivity index (χ1v) is 7.48. The van der Waals surface area contributed by atoms with E-state index in [1.807, 2.05) is 18.2 Å². The van der Waals surface area contributed by atoms with Gasteiger partial charge in [-0.1, -0.05) is 6.07 Å². The summed E-state index contributed by atoms with van der Waals surface area (Å²) in [5.74, 6) is 0.